The second-order valence-electron chi connectivity index (χ2n) is 8.06. The van der Waals surface area contributed by atoms with Gasteiger partial charge >= 0.3 is 6.18 Å². The molecule has 2 heterocycles. The van der Waals surface area contributed by atoms with E-state index < -0.39 is 11.9 Å². The highest BCUT2D eigenvalue weighted by Crippen LogP contribution is 2.34. The fraction of sp³-hybridized carbons (Fsp3) is 0.391. The number of hydrogen-bond acceptors (Lipinski definition) is 4. The maximum atomic E-state index is 13.3. The number of rotatable bonds is 4. The number of nitrogens with zero attached hydrogens (tertiary/aromatic N) is 1. The Labute approximate surface area is 178 Å². The SMILES string of the molecule is Cc1cc(C(=O)N[C@H]2CC[C@@H](Nc3cc(C(F)(F)F)nc4ccccc34)CC2)c(C)o1. The Morgan fingerprint density at radius 3 is 2.39 bits per heavy atom. The van der Waals surface area contributed by atoms with E-state index >= 15 is 0 Å². The van der Waals surface area contributed by atoms with Crippen LogP contribution in [0.25, 0.3) is 10.9 Å². The number of hydrogen-bond donors (Lipinski definition) is 2. The molecule has 1 aliphatic carbocycles. The van der Waals surface area contributed by atoms with E-state index in [1.54, 1.807) is 44.2 Å². The summed E-state index contributed by atoms with van der Waals surface area (Å²) in [5, 5.41) is 7.00. The lowest BCUT2D eigenvalue weighted by Gasteiger charge is -2.30. The number of aryl methyl sites for hydroxylation is 2. The Morgan fingerprint density at radius 2 is 1.74 bits per heavy atom. The lowest BCUT2D eigenvalue weighted by atomic mass is 9.90. The molecule has 0 bridgehead atoms. The molecule has 0 aliphatic heterocycles. The van der Waals surface area contributed by atoms with Crippen molar-refractivity contribution in [1.29, 1.82) is 0 Å². The number of para-hydroxylation sites is 1. The standard InChI is InChI=1S/C23H24F3N3O2/c1-13-11-18(14(2)31-13)22(30)28-16-9-7-15(8-10-16)27-20-12-21(23(24,25)26)29-19-6-4-3-5-17(19)20/h3-6,11-12,15-16H,7-10H2,1-2H3,(H,27,29)(H,28,30)/t15-,16+. The molecule has 1 saturated carbocycles. The number of carbonyl (C=O) groups is 1. The first-order valence-corrected chi connectivity index (χ1v) is 10.3. The molecule has 4 rings (SSSR count). The second-order valence-corrected chi connectivity index (χ2v) is 8.06. The van der Waals surface area contributed by atoms with Crippen LogP contribution in [-0.4, -0.2) is 23.0 Å². The molecule has 2 aromatic heterocycles. The number of halogens is 3. The van der Waals surface area contributed by atoms with E-state index in [2.05, 4.69) is 15.6 Å². The van der Waals surface area contributed by atoms with E-state index in [0.717, 1.165) is 31.7 Å². The molecule has 1 fully saturated rings. The molecule has 1 aliphatic rings. The van der Waals surface area contributed by atoms with Crippen LogP contribution in [0.2, 0.25) is 0 Å². The third kappa shape index (κ3) is 4.68. The monoisotopic (exact) mass is 431 g/mol. The Balaban J connectivity index is 1.43. The van der Waals surface area contributed by atoms with Crippen LogP contribution in [0.1, 0.15) is 53.3 Å². The first-order valence-electron chi connectivity index (χ1n) is 10.3. The zero-order chi connectivity index (χ0) is 22.2. The molecule has 31 heavy (non-hydrogen) atoms. The van der Waals surface area contributed by atoms with Gasteiger partial charge in [-0.3, -0.25) is 4.79 Å². The summed E-state index contributed by atoms with van der Waals surface area (Å²) in [7, 11) is 0. The van der Waals surface area contributed by atoms with E-state index in [1.165, 1.54) is 0 Å². The van der Waals surface area contributed by atoms with Gasteiger partial charge in [0.1, 0.15) is 17.2 Å². The summed E-state index contributed by atoms with van der Waals surface area (Å²) in [4.78, 5) is 16.3. The highest BCUT2D eigenvalue weighted by atomic mass is 19.4. The largest absolute Gasteiger partial charge is 0.466 e. The molecule has 5 nitrogen and oxygen atoms in total. The van der Waals surface area contributed by atoms with Crippen LogP contribution in [0.15, 0.2) is 40.8 Å². The maximum absolute atomic E-state index is 13.3. The number of nitrogens with one attached hydrogen (secondary N) is 2. The third-order valence-electron chi connectivity index (χ3n) is 5.71. The van der Waals surface area contributed by atoms with Gasteiger partial charge in [0.15, 0.2) is 0 Å². The van der Waals surface area contributed by atoms with Crippen molar-refractivity contribution in [2.45, 2.75) is 57.8 Å². The normalized spacial score (nSPS) is 19.4. The van der Waals surface area contributed by atoms with E-state index in [1.807, 2.05) is 0 Å². The number of aromatic nitrogens is 1. The molecule has 2 N–H and O–H groups in total. The first kappa shape index (κ1) is 21.2. The highest BCUT2D eigenvalue weighted by molar-refractivity contribution is 5.95. The highest BCUT2D eigenvalue weighted by Gasteiger charge is 2.34. The summed E-state index contributed by atoms with van der Waals surface area (Å²) >= 11 is 0. The Bertz CT molecular complexity index is 1100. The minimum absolute atomic E-state index is 0.0259. The van der Waals surface area contributed by atoms with Crippen LogP contribution in [0.3, 0.4) is 0 Å². The third-order valence-corrected chi connectivity index (χ3v) is 5.71. The van der Waals surface area contributed by atoms with E-state index in [-0.39, 0.29) is 18.0 Å². The average Bonchev–Trinajstić information content (AvgIpc) is 3.07. The molecule has 0 saturated heterocycles. The average molecular weight is 431 g/mol. The summed E-state index contributed by atoms with van der Waals surface area (Å²) in [5.41, 5.74) is 0.391. The van der Waals surface area contributed by atoms with E-state index in [9.17, 15) is 18.0 Å². The fourth-order valence-corrected chi connectivity index (χ4v) is 4.16. The molecule has 0 spiro atoms. The van der Waals surface area contributed by atoms with Crippen LogP contribution >= 0.6 is 0 Å². The number of pyridine rings is 1. The number of benzene rings is 1. The van der Waals surface area contributed by atoms with Gasteiger partial charge in [0.2, 0.25) is 0 Å². The van der Waals surface area contributed by atoms with Crippen molar-refractivity contribution in [2.24, 2.45) is 0 Å². The molecule has 0 radical (unpaired) electrons. The van der Waals surface area contributed by atoms with Gasteiger partial charge in [-0.25, -0.2) is 4.98 Å². The number of carbonyl (C=O) groups excluding carboxylic acids is 1. The number of furan rings is 1. The van der Waals surface area contributed by atoms with Gasteiger partial charge in [-0.15, -0.1) is 0 Å². The summed E-state index contributed by atoms with van der Waals surface area (Å²) in [5.74, 6) is 1.13. The van der Waals surface area contributed by atoms with Gasteiger partial charge < -0.3 is 15.1 Å². The minimum atomic E-state index is -4.51. The van der Waals surface area contributed by atoms with E-state index in [0.29, 0.717) is 33.7 Å². The van der Waals surface area contributed by atoms with Crippen LogP contribution in [0, 0.1) is 13.8 Å². The predicted molar refractivity (Wildman–Crippen MR) is 112 cm³/mol. The zero-order valence-electron chi connectivity index (χ0n) is 17.3. The fourth-order valence-electron chi connectivity index (χ4n) is 4.16. The summed E-state index contributed by atoms with van der Waals surface area (Å²) in [6.45, 7) is 3.56. The lowest BCUT2D eigenvalue weighted by Crippen LogP contribution is -2.40. The van der Waals surface area contributed by atoms with Crippen molar-refractivity contribution >= 4 is 22.5 Å². The Morgan fingerprint density at radius 1 is 1.06 bits per heavy atom. The molecule has 1 amide bonds. The maximum Gasteiger partial charge on any atom is 0.433 e. The minimum Gasteiger partial charge on any atom is -0.466 e. The smallest absolute Gasteiger partial charge is 0.433 e. The van der Waals surface area contributed by atoms with Crippen LogP contribution < -0.4 is 10.6 Å². The molecule has 1 aromatic carbocycles. The number of amides is 1. The molecule has 164 valence electrons. The number of anilines is 1. The first-order chi connectivity index (χ1) is 14.7. The molecular formula is C23H24F3N3O2. The van der Waals surface area contributed by atoms with Gasteiger partial charge in [-0.05, 0) is 57.7 Å². The lowest BCUT2D eigenvalue weighted by molar-refractivity contribution is -0.140. The predicted octanol–water partition coefficient (Wildman–Crippen LogP) is 5.62. The van der Waals surface area contributed by atoms with Crippen LogP contribution in [-0.2, 0) is 6.18 Å². The molecule has 3 aromatic rings. The molecule has 0 unspecified atom stereocenters. The van der Waals surface area contributed by atoms with E-state index in [4.69, 9.17) is 4.42 Å². The molecular weight excluding hydrogens is 407 g/mol. The molecule has 8 heteroatoms. The van der Waals surface area contributed by atoms with Gasteiger partial charge in [0, 0.05) is 23.2 Å². The summed E-state index contributed by atoms with van der Waals surface area (Å²) in [6, 6.07) is 9.68. The van der Waals surface area contributed by atoms with Crippen molar-refractivity contribution in [3.63, 3.8) is 0 Å². The second kappa shape index (κ2) is 8.24. The Hall–Kier alpha value is -3.03. The van der Waals surface area contributed by atoms with Gasteiger partial charge in [-0.2, -0.15) is 13.2 Å². The zero-order valence-corrected chi connectivity index (χ0v) is 17.3. The quantitative estimate of drug-likeness (QED) is 0.563. The molecule has 0 atom stereocenters. The summed E-state index contributed by atoms with van der Waals surface area (Å²) < 4.78 is 45.3. The van der Waals surface area contributed by atoms with Gasteiger partial charge in [0.25, 0.3) is 5.91 Å². The van der Waals surface area contributed by atoms with Crippen molar-refractivity contribution in [3.8, 4) is 0 Å². The summed E-state index contributed by atoms with van der Waals surface area (Å²) in [6.07, 6.45) is -1.53. The number of fused-ring (bicyclic) bond motifs is 1. The van der Waals surface area contributed by atoms with Gasteiger partial charge in [0.05, 0.1) is 11.1 Å². The van der Waals surface area contributed by atoms with Gasteiger partial charge in [-0.1, -0.05) is 18.2 Å². The Kier molecular flexibility index (Phi) is 5.64. The van der Waals surface area contributed by atoms with Crippen molar-refractivity contribution in [2.75, 3.05) is 5.32 Å². The number of alkyl halides is 3. The van der Waals surface area contributed by atoms with Crippen molar-refractivity contribution in [3.05, 3.63) is 59.2 Å². The van der Waals surface area contributed by atoms with Crippen molar-refractivity contribution < 1.29 is 22.4 Å². The van der Waals surface area contributed by atoms with Crippen molar-refractivity contribution in [1.82, 2.24) is 10.3 Å². The van der Waals surface area contributed by atoms with Crippen LogP contribution in [0.5, 0.6) is 0 Å². The van der Waals surface area contributed by atoms with Crippen LogP contribution in [0.4, 0.5) is 18.9 Å². The topological polar surface area (TPSA) is 67.2 Å².